The normalized spacial score (nSPS) is 13.6. The van der Waals surface area contributed by atoms with Gasteiger partial charge in [-0.15, -0.1) is 0 Å². The van der Waals surface area contributed by atoms with Gasteiger partial charge in [0.2, 0.25) is 10.0 Å². The van der Waals surface area contributed by atoms with Crippen LogP contribution in [-0.2, 0) is 16.6 Å². The van der Waals surface area contributed by atoms with Crippen molar-refractivity contribution in [3.8, 4) is 0 Å². The number of aliphatic hydroxyl groups excluding tert-OH is 1. The summed E-state index contributed by atoms with van der Waals surface area (Å²) in [6, 6.07) is 22.4. The van der Waals surface area contributed by atoms with Gasteiger partial charge in [0, 0.05) is 23.6 Å². The van der Waals surface area contributed by atoms with E-state index < -0.39 is 16.1 Å². The summed E-state index contributed by atoms with van der Waals surface area (Å²) < 4.78 is 29.0. The Hall–Kier alpha value is -2.51. The van der Waals surface area contributed by atoms with Gasteiger partial charge in [0.05, 0.1) is 17.0 Å². The van der Waals surface area contributed by atoms with Gasteiger partial charge < -0.3 is 5.11 Å². The van der Waals surface area contributed by atoms with Gasteiger partial charge in [-0.2, -0.15) is 4.31 Å². The van der Waals surface area contributed by atoms with Gasteiger partial charge in [0.25, 0.3) is 0 Å². The summed E-state index contributed by atoms with van der Waals surface area (Å²) in [5, 5.41) is 9.89. The van der Waals surface area contributed by atoms with Crippen molar-refractivity contribution in [3.63, 3.8) is 0 Å². The number of carbonyl (C=O) groups is 1. The molecule has 0 radical (unpaired) electrons. The molecule has 1 N–H and O–H groups in total. The van der Waals surface area contributed by atoms with Crippen LogP contribution in [0.25, 0.3) is 0 Å². The van der Waals surface area contributed by atoms with Gasteiger partial charge >= 0.3 is 0 Å². The molecule has 3 aromatic carbocycles. The molecule has 3 aromatic rings. The van der Waals surface area contributed by atoms with E-state index in [1.807, 2.05) is 37.3 Å². The Morgan fingerprint density at radius 1 is 0.971 bits per heavy atom. The van der Waals surface area contributed by atoms with Crippen LogP contribution in [0.15, 0.2) is 83.8 Å². The smallest absolute Gasteiger partial charge is 0.243 e. The topological polar surface area (TPSA) is 74.7 Å². The lowest BCUT2D eigenvalue weighted by Crippen LogP contribution is -2.34. The zero-order valence-electron chi connectivity index (χ0n) is 19.4. The SMILES string of the molecule is CCC(c1ccccc1)N(Cc1ccc(C(=O)CC[C@H](C)O)cc1)S(=O)(=O)c1ccc(Cl)cc1. The van der Waals surface area contributed by atoms with Gasteiger partial charge in [0.15, 0.2) is 5.78 Å². The second-order valence-corrected chi connectivity index (χ2v) is 10.7. The highest BCUT2D eigenvalue weighted by Crippen LogP contribution is 2.32. The van der Waals surface area contributed by atoms with Crippen molar-refractivity contribution in [1.29, 1.82) is 0 Å². The molecule has 5 nitrogen and oxygen atoms in total. The first-order valence-corrected chi connectivity index (χ1v) is 13.2. The first-order chi connectivity index (χ1) is 16.2. The highest BCUT2D eigenvalue weighted by molar-refractivity contribution is 7.89. The van der Waals surface area contributed by atoms with Gasteiger partial charge in [-0.1, -0.05) is 73.1 Å². The minimum Gasteiger partial charge on any atom is -0.393 e. The Kier molecular flexibility index (Phi) is 9.03. The zero-order chi connectivity index (χ0) is 24.7. The maximum Gasteiger partial charge on any atom is 0.243 e. The third-order valence-electron chi connectivity index (χ3n) is 5.74. The third kappa shape index (κ3) is 6.54. The Morgan fingerprint density at radius 3 is 2.15 bits per heavy atom. The first-order valence-electron chi connectivity index (χ1n) is 11.3. The maximum atomic E-state index is 13.8. The maximum absolute atomic E-state index is 13.8. The van der Waals surface area contributed by atoms with E-state index in [0.717, 1.165) is 11.1 Å². The van der Waals surface area contributed by atoms with E-state index in [1.54, 1.807) is 43.3 Å². The number of sulfonamides is 1. The number of carbonyl (C=O) groups excluding carboxylic acids is 1. The summed E-state index contributed by atoms with van der Waals surface area (Å²) in [4.78, 5) is 12.5. The summed E-state index contributed by atoms with van der Waals surface area (Å²) in [5.41, 5.74) is 2.23. The Balaban J connectivity index is 1.94. The lowest BCUT2D eigenvalue weighted by atomic mass is 10.0. The quantitative estimate of drug-likeness (QED) is 0.327. The molecule has 0 spiro atoms. The fraction of sp³-hybridized carbons (Fsp3) is 0.296. The van der Waals surface area contributed by atoms with E-state index in [4.69, 9.17) is 11.6 Å². The number of ketones is 1. The van der Waals surface area contributed by atoms with Crippen molar-refractivity contribution in [2.75, 3.05) is 0 Å². The van der Waals surface area contributed by atoms with Gasteiger partial charge in [0.1, 0.15) is 0 Å². The fourth-order valence-corrected chi connectivity index (χ4v) is 5.65. The summed E-state index contributed by atoms with van der Waals surface area (Å²) >= 11 is 5.99. The van der Waals surface area contributed by atoms with E-state index in [9.17, 15) is 18.3 Å². The molecular formula is C27H30ClNO4S. The van der Waals surface area contributed by atoms with E-state index in [0.29, 0.717) is 23.4 Å². The number of halogens is 1. The zero-order valence-corrected chi connectivity index (χ0v) is 21.0. The first kappa shape index (κ1) is 26.1. The van der Waals surface area contributed by atoms with Crippen LogP contribution in [0.2, 0.25) is 5.02 Å². The van der Waals surface area contributed by atoms with Crippen molar-refractivity contribution in [3.05, 3.63) is 101 Å². The summed E-state index contributed by atoms with van der Waals surface area (Å²) in [7, 11) is -3.84. The third-order valence-corrected chi connectivity index (χ3v) is 7.86. The predicted molar refractivity (Wildman–Crippen MR) is 135 cm³/mol. The number of hydrogen-bond donors (Lipinski definition) is 1. The highest BCUT2D eigenvalue weighted by Gasteiger charge is 2.31. The summed E-state index contributed by atoms with van der Waals surface area (Å²) in [6.07, 6.45) is 0.731. The van der Waals surface area contributed by atoms with Crippen molar-refractivity contribution < 1.29 is 18.3 Å². The minimum absolute atomic E-state index is 0.0474. The number of benzene rings is 3. The second-order valence-electron chi connectivity index (χ2n) is 8.35. The van der Waals surface area contributed by atoms with Crippen molar-refractivity contribution >= 4 is 27.4 Å². The van der Waals surface area contributed by atoms with Crippen LogP contribution in [0.3, 0.4) is 0 Å². The molecule has 0 amide bonds. The number of rotatable bonds is 11. The van der Waals surface area contributed by atoms with Gasteiger partial charge in [-0.05, 0) is 55.2 Å². The van der Waals surface area contributed by atoms with Crippen LogP contribution in [0, 0.1) is 0 Å². The van der Waals surface area contributed by atoms with E-state index in [2.05, 4.69) is 0 Å². The molecule has 0 heterocycles. The molecule has 0 aliphatic heterocycles. The molecule has 34 heavy (non-hydrogen) atoms. The highest BCUT2D eigenvalue weighted by atomic mass is 35.5. The molecule has 7 heteroatoms. The molecule has 180 valence electrons. The van der Waals surface area contributed by atoms with Crippen molar-refractivity contribution in [2.24, 2.45) is 0 Å². The molecule has 0 aliphatic rings. The monoisotopic (exact) mass is 499 g/mol. The van der Waals surface area contributed by atoms with Crippen molar-refractivity contribution in [2.45, 2.75) is 56.7 Å². The van der Waals surface area contributed by atoms with E-state index in [1.165, 1.54) is 16.4 Å². The molecule has 0 aliphatic carbocycles. The van der Waals surface area contributed by atoms with E-state index in [-0.39, 0.29) is 29.7 Å². The second kappa shape index (κ2) is 11.8. The lowest BCUT2D eigenvalue weighted by molar-refractivity contribution is 0.0949. The largest absolute Gasteiger partial charge is 0.393 e. The van der Waals surface area contributed by atoms with E-state index >= 15 is 0 Å². The molecular weight excluding hydrogens is 470 g/mol. The van der Waals surface area contributed by atoms with Crippen LogP contribution in [0.4, 0.5) is 0 Å². The lowest BCUT2D eigenvalue weighted by Gasteiger charge is -2.31. The summed E-state index contributed by atoms with van der Waals surface area (Å²) in [6.45, 7) is 3.77. The number of hydrogen-bond acceptors (Lipinski definition) is 4. The van der Waals surface area contributed by atoms with Gasteiger partial charge in [-0.3, -0.25) is 4.79 Å². The van der Waals surface area contributed by atoms with Gasteiger partial charge in [-0.25, -0.2) is 8.42 Å². The molecule has 3 rings (SSSR count). The molecule has 0 aromatic heterocycles. The van der Waals surface area contributed by atoms with Crippen LogP contribution in [-0.4, -0.2) is 29.7 Å². The molecule has 0 bridgehead atoms. The molecule has 1 unspecified atom stereocenters. The minimum atomic E-state index is -3.84. The van der Waals surface area contributed by atoms with Crippen LogP contribution >= 0.6 is 11.6 Å². The van der Waals surface area contributed by atoms with Crippen LogP contribution in [0.1, 0.15) is 60.6 Å². The predicted octanol–water partition coefficient (Wildman–Crippen LogP) is 6.03. The van der Waals surface area contributed by atoms with Crippen LogP contribution < -0.4 is 0 Å². The standard InChI is InChI=1S/C27H30ClNO4S/c1-3-26(22-7-5-4-6-8-22)29(34(32,33)25-16-14-24(28)15-17-25)19-21-10-12-23(13-11-21)27(31)18-9-20(2)30/h4-8,10-17,20,26,30H,3,9,18-19H2,1-2H3/t20-,26?/m0/s1. The van der Waals surface area contributed by atoms with Crippen molar-refractivity contribution in [1.82, 2.24) is 4.31 Å². The fourth-order valence-electron chi connectivity index (χ4n) is 3.85. The average molecular weight is 500 g/mol. The molecule has 0 saturated carbocycles. The Morgan fingerprint density at radius 2 is 1.59 bits per heavy atom. The number of aliphatic hydroxyl groups is 1. The number of Topliss-reactive ketones (excluding diaryl/α,β-unsaturated/α-hetero) is 1. The molecule has 0 saturated heterocycles. The average Bonchev–Trinajstić information content (AvgIpc) is 2.83. The Labute approximate surface area is 207 Å². The van der Waals surface area contributed by atoms with Crippen LogP contribution in [0.5, 0.6) is 0 Å². The summed E-state index contributed by atoms with van der Waals surface area (Å²) in [5.74, 6) is -0.0474. The number of nitrogens with zero attached hydrogens (tertiary/aromatic N) is 1. The molecule has 0 fully saturated rings. The Bertz CT molecular complexity index is 1180. The molecule has 2 atom stereocenters.